The summed E-state index contributed by atoms with van der Waals surface area (Å²) in [6.07, 6.45) is 1.85. The van der Waals surface area contributed by atoms with E-state index in [9.17, 15) is 4.91 Å². The number of nitrogens with zero attached hydrogens (tertiary/aromatic N) is 3. The number of nitroso groups, excluding NO2 is 1. The Morgan fingerprint density at radius 3 is 2.76 bits per heavy atom. The Morgan fingerprint density at radius 2 is 2.00 bits per heavy atom. The first-order valence-corrected chi connectivity index (χ1v) is 8.94. The number of anilines is 2. The van der Waals surface area contributed by atoms with Crippen molar-refractivity contribution in [3.63, 3.8) is 0 Å². The van der Waals surface area contributed by atoms with E-state index in [0.717, 1.165) is 27.4 Å². The van der Waals surface area contributed by atoms with Gasteiger partial charge < -0.3 is 5.32 Å². The normalized spacial score (nSPS) is 15.2. The molecule has 2 aromatic carbocycles. The zero-order valence-electron chi connectivity index (χ0n) is 13.2. The molecule has 0 bridgehead atoms. The van der Waals surface area contributed by atoms with E-state index < -0.39 is 0 Å². The van der Waals surface area contributed by atoms with Gasteiger partial charge in [-0.3, -0.25) is 0 Å². The van der Waals surface area contributed by atoms with Gasteiger partial charge in [-0.1, -0.05) is 11.6 Å². The van der Waals surface area contributed by atoms with Crippen LogP contribution in [0.4, 0.5) is 17.3 Å². The number of aromatic nitrogens is 2. The van der Waals surface area contributed by atoms with E-state index >= 15 is 0 Å². The Bertz CT molecular complexity index is 962. The van der Waals surface area contributed by atoms with E-state index in [1.165, 1.54) is 0 Å². The topological polar surface area (TPSA) is 67.2 Å². The zero-order valence-corrected chi connectivity index (χ0v) is 14.8. The molecule has 2 heterocycles. The van der Waals surface area contributed by atoms with Gasteiger partial charge in [0.1, 0.15) is 5.69 Å². The van der Waals surface area contributed by atoms with Crippen LogP contribution in [0.25, 0.3) is 11.3 Å². The molecule has 0 amide bonds. The number of hydrogen-bond acceptors (Lipinski definition) is 6. The standard InChI is InChI=1S/C18H13ClN4OS/c1-10-15-9-20-18(21-12-3-5-13(23-24)6-4-12)22-17(15)14-8-11(19)2-7-16(14)25-10/h2-10H,1H3,(H,20,21,22). The van der Waals surface area contributed by atoms with Crippen LogP contribution in [0.5, 0.6) is 0 Å². The van der Waals surface area contributed by atoms with Crippen LogP contribution in [-0.2, 0) is 0 Å². The van der Waals surface area contributed by atoms with Gasteiger partial charge in [0.25, 0.3) is 0 Å². The molecule has 1 aliphatic heterocycles. The fraction of sp³-hybridized carbons (Fsp3) is 0.111. The van der Waals surface area contributed by atoms with Crippen LogP contribution in [0.2, 0.25) is 5.02 Å². The molecular weight excluding hydrogens is 356 g/mol. The summed E-state index contributed by atoms with van der Waals surface area (Å²) in [7, 11) is 0. The van der Waals surface area contributed by atoms with E-state index in [-0.39, 0.29) is 5.25 Å². The first-order chi connectivity index (χ1) is 12.1. The molecule has 5 nitrogen and oxygen atoms in total. The van der Waals surface area contributed by atoms with Crippen molar-refractivity contribution in [3.05, 3.63) is 64.2 Å². The molecule has 0 aliphatic carbocycles. The molecule has 25 heavy (non-hydrogen) atoms. The third-order valence-electron chi connectivity index (χ3n) is 3.98. The van der Waals surface area contributed by atoms with Gasteiger partial charge in [-0.25, -0.2) is 9.97 Å². The maximum atomic E-state index is 10.5. The molecule has 124 valence electrons. The van der Waals surface area contributed by atoms with Crippen LogP contribution < -0.4 is 5.32 Å². The van der Waals surface area contributed by atoms with Crippen molar-refractivity contribution in [1.29, 1.82) is 0 Å². The maximum absolute atomic E-state index is 10.5. The Morgan fingerprint density at radius 1 is 1.20 bits per heavy atom. The van der Waals surface area contributed by atoms with E-state index in [4.69, 9.17) is 16.6 Å². The van der Waals surface area contributed by atoms with Crippen molar-refractivity contribution in [2.24, 2.45) is 5.18 Å². The second-order valence-electron chi connectivity index (χ2n) is 5.66. The molecule has 3 aromatic rings. The average Bonchev–Trinajstić information content (AvgIpc) is 2.63. The molecule has 1 aliphatic rings. The highest BCUT2D eigenvalue weighted by Crippen LogP contribution is 2.48. The van der Waals surface area contributed by atoms with E-state index in [1.54, 1.807) is 36.0 Å². The monoisotopic (exact) mass is 368 g/mol. The van der Waals surface area contributed by atoms with Crippen LogP contribution in [0.15, 0.2) is 58.7 Å². The van der Waals surface area contributed by atoms with Crippen molar-refractivity contribution in [2.45, 2.75) is 17.1 Å². The summed E-state index contributed by atoms with van der Waals surface area (Å²) in [5.74, 6) is 0.496. The fourth-order valence-corrected chi connectivity index (χ4v) is 4.02. The molecule has 4 rings (SSSR count). The molecule has 1 aromatic heterocycles. The van der Waals surface area contributed by atoms with E-state index in [1.807, 2.05) is 24.4 Å². The Kier molecular flexibility index (Phi) is 4.15. The molecule has 1 atom stereocenters. The predicted octanol–water partition coefficient (Wildman–Crippen LogP) is 6.11. The minimum Gasteiger partial charge on any atom is -0.324 e. The second-order valence-corrected chi connectivity index (χ2v) is 7.48. The lowest BCUT2D eigenvalue weighted by atomic mass is 10.0. The highest BCUT2D eigenvalue weighted by atomic mass is 35.5. The number of thioether (sulfide) groups is 1. The summed E-state index contributed by atoms with van der Waals surface area (Å²) < 4.78 is 0. The molecule has 0 saturated carbocycles. The van der Waals surface area contributed by atoms with Gasteiger partial charge in [0.05, 0.1) is 5.69 Å². The fourth-order valence-electron chi connectivity index (χ4n) is 2.74. The third-order valence-corrected chi connectivity index (χ3v) is 5.44. The van der Waals surface area contributed by atoms with Gasteiger partial charge in [0, 0.05) is 38.2 Å². The third kappa shape index (κ3) is 3.10. The van der Waals surface area contributed by atoms with E-state index in [2.05, 4.69) is 22.4 Å². The number of benzene rings is 2. The number of hydrogen-bond donors (Lipinski definition) is 1. The van der Waals surface area contributed by atoms with Crippen LogP contribution in [0.1, 0.15) is 17.7 Å². The van der Waals surface area contributed by atoms with Crippen molar-refractivity contribution in [2.75, 3.05) is 5.32 Å². The zero-order chi connectivity index (χ0) is 17.4. The molecule has 0 spiro atoms. The largest absolute Gasteiger partial charge is 0.324 e. The van der Waals surface area contributed by atoms with E-state index in [0.29, 0.717) is 16.7 Å². The Balaban J connectivity index is 1.73. The van der Waals surface area contributed by atoms with Crippen LogP contribution in [0, 0.1) is 4.91 Å². The molecule has 0 saturated heterocycles. The lowest BCUT2D eigenvalue weighted by Gasteiger charge is -2.24. The van der Waals surface area contributed by atoms with Crippen LogP contribution in [-0.4, -0.2) is 9.97 Å². The highest BCUT2D eigenvalue weighted by molar-refractivity contribution is 7.99. The number of nitrogens with one attached hydrogen (secondary N) is 1. The van der Waals surface area contributed by atoms with Gasteiger partial charge in [-0.05, 0) is 54.6 Å². The minimum absolute atomic E-state index is 0.274. The molecule has 1 N–H and O–H groups in total. The minimum atomic E-state index is 0.274. The lowest BCUT2D eigenvalue weighted by molar-refractivity contribution is 1.01. The summed E-state index contributed by atoms with van der Waals surface area (Å²) in [5, 5.41) is 7.01. The van der Waals surface area contributed by atoms with Crippen LogP contribution >= 0.6 is 23.4 Å². The molecule has 0 fully saturated rings. The number of fused-ring (bicyclic) bond motifs is 3. The summed E-state index contributed by atoms with van der Waals surface area (Å²) in [4.78, 5) is 20.8. The first kappa shape index (κ1) is 16.1. The summed E-state index contributed by atoms with van der Waals surface area (Å²) in [6.45, 7) is 2.14. The van der Waals surface area contributed by atoms with Gasteiger partial charge in [-0.2, -0.15) is 0 Å². The number of halogens is 1. The SMILES string of the molecule is CC1Sc2ccc(Cl)cc2-c2nc(Nc3ccc(N=O)cc3)ncc21. The van der Waals surface area contributed by atoms with Crippen LogP contribution in [0.3, 0.4) is 0 Å². The number of rotatable bonds is 3. The van der Waals surface area contributed by atoms with Crippen molar-refractivity contribution in [1.82, 2.24) is 9.97 Å². The van der Waals surface area contributed by atoms with Gasteiger partial charge >= 0.3 is 0 Å². The Hall–Kier alpha value is -2.44. The quantitative estimate of drug-likeness (QED) is 0.565. The summed E-state index contributed by atoms with van der Waals surface area (Å²) >= 11 is 7.95. The van der Waals surface area contributed by atoms with Crippen molar-refractivity contribution >= 4 is 40.7 Å². The molecule has 0 radical (unpaired) electrons. The molecule has 7 heteroatoms. The maximum Gasteiger partial charge on any atom is 0.227 e. The first-order valence-electron chi connectivity index (χ1n) is 7.68. The lowest BCUT2D eigenvalue weighted by Crippen LogP contribution is -2.06. The summed E-state index contributed by atoms with van der Waals surface area (Å²) in [5.41, 5.74) is 4.18. The van der Waals surface area contributed by atoms with Gasteiger partial charge in [0.15, 0.2) is 0 Å². The average molecular weight is 369 g/mol. The highest BCUT2D eigenvalue weighted by Gasteiger charge is 2.24. The van der Waals surface area contributed by atoms with Gasteiger partial charge in [-0.15, -0.1) is 16.7 Å². The Labute approximate surface area is 153 Å². The van der Waals surface area contributed by atoms with Gasteiger partial charge in [0.2, 0.25) is 5.95 Å². The smallest absolute Gasteiger partial charge is 0.227 e. The van der Waals surface area contributed by atoms with Crippen molar-refractivity contribution < 1.29 is 0 Å². The van der Waals surface area contributed by atoms with Crippen molar-refractivity contribution in [3.8, 4) is 11.3 Å². The molecule has 1 unspecified atom stereocenters. The molecular formula is C18H13ClN4OS. The second kappa shape index (κ2) is 6.46. The summed E-state index contributed by atoms with van der Waals surface area (Å²) in [6, 6.07) is 12.7. The predicted molar refractivity (Wildman–Crippen MR) is 102 cm³/mol.